The van der Waals surface area contributed by atoms with Crippen molar-refractivity contribution in [2.24, 2.45) is 0 Å². The molecule has 0 saturated carbocycles. The highest BCUT2D eigenvalue weighted by molar-refractivity contribution is 5.89. The Balaban J connectivity index is 1.60. The van der Waals surface area contributed by atoms with Crippen LogP contribution in [0.4, 0.5) is 0 Å². The number of nitrogens with one attached hydrogen (secondary N) is 1. The molecule has 1 atom stereocenters. The molecule has 2 heterocycles. The molecule has 1 aliphatic rings. The van der Waals surface area contributed by atoms with Crippen LogP contribution in [0.15, 0.2) is 54.6 Å². The van der Waals surface area contributed by atoms with Gasteiger partial charge in [-0.3, -0.25) is 14.2 Å². The maximum Gasteiger partial charge on any atom is 0.242 e. The molecule has 2 aromatic carbocycles. The van der Waals surface area contributed by atoms with Gasteiger partial charge in [-0.15, -0.1) is 0 Å². The van der Waals surface area contributed by atoms with Crippen molar-refractivity contribution in [3.63, 3.8) is 0 Å². The fourth-order valence-corrected chi connectivity index (χ4v) is 3.89. The zero-order valence-corrected chi connectivity index (χ0v) is 16.0. The van der Waals surface area contributed by atoms with E-state index in [4.69, 9.17) is 4.98 Å². The van der Waals surface area contributed by atoms with Gasteiger partial charge < -0.3 is 10.2 Å². The van der Waals surface area contributed by atoms with E-state index in [1.807, 2.05) is 61.5 Å². The van der Waals surface area contributed by atoms with Gasteiger partial charge in [-0.2, -0.15) is 0 Å². The minimum Gasteiger partial charge on any atom is -0.353 e. The number of carbonyl (C=O) groups is 2. The van der Waals surface area contributed by atoms with Crippen LogP contribution in [0.25, 0.3) is 16.7 Å². The molecule has 0 aliphatic carbocycles. The molecule has 28 heavy (non-hydrogen) atoms. The van der Waals surface area contributed by atoms with Gasteiger partial charge in [0.1, 0.15) is 11.9 Å². The molecule has 6 heteroatoms. The smallest absolute Gasteiger partial charge is 0.242 e. The molecule has 0 spiro atoms. The van der Waals surface area contributed by atoms with E-state index >= 15 is 0 Å². The monoisotopic (exact) mass is 376 g/mol. The molecule has 1 N–H and O–H groups in total. The third kappa shape index (κ3) is 3.38. The summed E-state index contributed by atoms with van der Waals surface area (Å²) in [5.74, 6) is 0.808. The predicted molar refractivity (Wildman–Crippen MR) is 108 cm³/mol. The first kappa shape index (κ1) is 18.2. The van der Waals surface area contributed by atoms with Gasteiger partial charge in [-0.1, -0.05) is 37.3 Å². The molecule has 144 valence electrons. The second-order valence-corrected chi connectivity index (χ2v) is 6.99. The van der Waals surface area contributed by atoms with Crippen molar-refractivity contribution in [2.45, 2.75) is 32.2 Å². The molecule has 0 radical (unpaired) electrons. The van der Waals surface area contributed by atoms with E-state index < -0.39 is 0 Å². The summed E-state index contributed by atoms with van der Waals surface area (Å²) in [6.45, 7) is 3.02. The quantitative estimate of drug-likeness (QED) is 0.744. The Hall–Kier alpha value is -3.15. The molecule has 4 rings (SSSR count). The normalized spacial score (nSPS) is 17.0. The van der Waals surface area contributed by atoms with Crippen molar-refractivity contribution in [3.05, 3.63) is 60.4 Å². The van der Waals surface area contributed by atoms with Crippen molar-refractivity contribution in [1.29, 1.82) is 0 Å². The van der Waals surface area contributed by atoms with Gasteiger partial charge >= 0.3 is 0 Å². The fourth-order valence-electron chi connectivity index (χ4n) is 3.89. The Morgan fingerprint density at radius 1 is 1.14 bits per heavy atom. The maximum atomic E-state index is 12.9. The largest absolute Gasteiger partial charge is 0.353 e. The van der Waals surface area contributed by atoms with Crippen LogP contribution in [-0.2, 0) is 16.0 Å². The van der Waals surface area contributed by atoms with Crippen LogP contribution in [0, 0.1) is 0 Å². The molecule has 3 aromatic rings. The number of benzene rings is 2. The number of imidazole rings is 1. The van der Waals surface area contributed by atoms with E-state index in [1.165, 1.54) is 0 Å². The van der Waals surface area contributed by atoms with Crippen molar-refractivity contribution in [3.8, 4) is 5.69 Å². The number of hydrogen-bond donors (Lipinski definition) is 1. The Morgan fingerprint density at radius 2 is 1.89 bits per heavy atom. The minimum absolute atomic E-state index is 0.00775. The van der Waals surface area contributed by atoms with Crippen LogP contribution in [0.5, 0.6) is 0 Å². The third-order valence-corrected chi connectivity index (χ3v) is 5.24. The summed E-state index contributed by atoms with van der Waals surface area (Å²) in [7, 11) is 0. The average molecular weight is 376 g/mol. The Bertz CT molecular complexity index is 996. The average Bonchev–Trinajstić information content (AvgIpc) is 3.10. The Morgan fingerprint density at radius 3 is 2.68 bits per heavy atom. The summed E-state index contributed by atoms with van der Waals surface area (Å²) >= 11 is 0. The standard InChI is InChI=1S/C22H24N4O2/c1-2-18-22(28)23-14-15-25(18)21(27)13-12-20-24-17-10-6-7-11-19(17)26(20)16-8-4-3-5-9-16/h3-11,18H,2,12-15H2,1H3,(H,23,28)/t18-/m1/s1. The van der Waals surface area contributed by atoms with E-state index in [2.05, 4.69) is 9.88 Å². The first-order valence-electron chi connectivity index (χ1n) is 9.78. The number of carbonyl (C=O) groups excluding carboxylic acids is 2. The van der Waals surface area contributed by atoms with Gasteiger partial charge in [0.05, 0.1) is 11.0 Å². The number of aryl methyl sites for hydroxylation is 1. The number of para-hydroxylation sites is 3. The predicted octanol–water partition coefficient (Wildman–Crippen LogP) is 2.70. The fraction of sp³-hybridized carbons (Fsp3) is 0.318. The van der Waals surface area contributed by atoms with Crippen LogP contribution in [0.3, 0.4) is 0 Å². The Kier molecular flexibility index (Phi) is 5.10. The molecule has 0 bridgehead atoms. The lowest BCUT2D eigenvalue weighted by Gasteiger charge is -2.34. The van der Waals surface area contributed by atoms with Gasteiger partial charge in [0.15, 0.2) is 0 Å². The lowest BCUT2D eigenvalue weighted by Crippen LogP contribution is -2.56. The third-order valence-electron chi connectivity index (χ3n) is 5.24. The second-order valence-electron chi connectivity index (χ2n) is 6.99. The number of aromatic nitrogens is 2. The van der Waals surface area contributed by atoms with Crippen LogP contribution in [-0.4, -0.2) is 45.4 Å². The summed E-state index contributed by atoms with van der Waals surface area (Å²) in [5.41, 5.74) is 2.97. The number of fused-ring (bicyclic) bond motifs is 1. The highest BCUT2D eigenvalue weighted by atomic mass is 16.2. The van der Waals surface area contributed by atoms with Gasteiger partial charge in [0.2, 0.25) is 11.8 Å². The van der Waals surface area contributed by atoms with Gasteiger partial charge in [-0.05, 0) is 30.7 Å². The topological polar surface area (TPSA) is 67.2 Å². The first-order chi connectivity index (χ1) is 13.7. The van der Waals surface area contributed by atoms with Crippen LogP contribution in [0.2, 0.25) is 0 Å². The molecule has 1 aromatic heterocycles. The minimum atomic E-state index is -0.366. The van der Waals surface area contributed by atoms with E-state index in [1.54, 1.807) is 4.90 Å². The van der Waals surface area contributed by atoms with Crippen LogP contribution >= 0.6 is 0 Å². The van der Waals surface area contributed by atoms with E-state index in [0.29, 0.717) is 32.4 Å². The number of piperazine rings is 1. The van der Waals surface area contributed by atoms with E-state index in [9.17, 15) is 9.59 Å². The highest BCUT2D eigenvalue weighted by Gasteiger charge is 2.31. The van der Waals surface area contributed by atoms with Crippen molar-refractivity contribution in [1.82, 2.24) is 19.8 Å². The summed E-state index contributed by atoms with van der Waals surface area (Å²) in [4.78, 5) is 31.4. The Labute approximate surface area is 164 Å². The van der Waals surface area contributed by atoms with Gasteiger partial charge in [0.25, 0.3) is 0 Å². The molecule has 6 nitrogen and oxygen atoms in total. The number of amides is 2. The highest BCUT2D eigenvalue weighted by Crippen LogP contribution is 2.23. The summed E-state index contributed by atoms with van der Waals surface area (Å²) in [5, 5.41) is 2.84. The lowest BCUT2D eigenvalue weighted by molar-refractivity contribution is -0.143. The molecule has 1 fully saturated rings. The second kappa shape index (κ2) is 7.84. The number of nitrogens with zero attached hydrogens (tertiary/aromatic N) is 3. The van der Waals surface area contributed by atoms with Crippen LogP contribution < -0.4 is 5.32 Å². The van der Waals surface area contributed by atoms with Gasteiger partial charge in [0, 0.05) is 31.6 Å². The van der Waals surface area contributed by atoms with Crippen molar-refractivity contribution < 1.29 is 9.59 Å². The first-order valence-corrected chi connectivity index (χ1v) is 9.78. The summed E-state index contributed by atoms with van der Waals surface area (Å²) < 4.78 is 2.11. The number of hydrogen-bond acceptors (Lipinski definition) is 3. The zero-order valence-electron chi connectivity index (χ0n) is 16.0. The molecule has 0 unspecified atom stereocenters. The van der Waals surface area contributed by atoms with E-state index in [-0.39, 0.29) is 17.9 Å². The summed E-state index contributed by atoms with van der Waals surface area (Å²) in [6.07, 6.45) is 1.48. The SMILES string of the molecule is CC[C@@H]1C(=O)NCCN1C(=O)CCc1nc2ccccc2n1-c1ccccc1. The maximum absolute atomic E-state index is 12.9. The van der Waals surface area contributed by atoms with Crippen molar-refractivity contribution in [2.75, 3.05) is 13.1 Å². The lowest BCUT2D eigenvalue weighted by atomic mass is 10.1. The molecular weight excluding hydrogens is 352 g/mol. The summed E-state index contributed by atoms with van der Waals surface area (Å²) in [6, 6.07) is 17.7. The van der Waals surface area contributed by atoms with Gasteiger partial charge in [-0.25, -0.2) is 4.98 Å². The molecular formula is C22H24N4O2. The molecule has 2 amide bonds. The number of rotatable bonds is 5. The zero-order chi connectivity index (χ0) is 19.5. The molecule has 1 aliphatic heterocycles. The van der Waals surface area contributed by atoms with Crippen LogP contribution in [0.1, 0.15) is 25.6 Å². The van der Waals surface area contributed by atoms with Crippen molar-refractivity contribution >= 4 is 22.8 Å². The molecule has 1 saturated heterocycles. The van der Waals surface area contributed by atoms with E-state index in [0.717, 1.165) is 22.5 Å².